The molecule has 0 radical (unpaired) electrons. The van der Waals surface area contributed by atoms with Gasteiger partial charge in [-0.3, -0.25) is 10.1 Å². The molecule has 0 heterocycles. The van der Waals surface area contributed by atoms with E-state index < -0.39 is 17.1 Å². The summed E-state index contributed by atoms with van der Waals surface area (Å²) in [5, 5.41) is 12.8. The molecule has 0 bridgehead atoms. The molecule has 4 nitrogen and oxygen atoms in total. The molecule has 1 atom stereocenters. The Balaban J connectivity index is 2.87. The molecular formula is C16H24FN2O2S+. The van der Waals surface area contributed by atoms with E-state index in [1.165, 1.54) is 6.07 Å². The van der Waals surface area contributed by atoms with Gasteiger partial charge in [-0.15, -0.1) is 0 Å². The average molecular weight is 327 g/mol. The Bertz CT molecular complexity index is 580. The Hall–Kier alpha value is -1.40. The van der Waals surface area contributed by atoms with Crippen molar-refractivity contribution in [3.63, 3.8) is 0 Å². The number of amides is 1. The number of halogens is 1. The average Bonchev–Trinajstić information content (AvgIpc) is 2.37. The van der Waals surface area contributed by atoms with Crippen molar-refractivity contribution >= 4 is 23.7 Å². The molecule has 6 heteroatoms. The second kappa shape index (κ2) is 6.79. The van der Waals surface area contributed by atoms with Gasteiger partial charge in [0.05, 0.1) is 17.1 Å². The van der Waals surface area contributed by atoms with Crippen molar-refractivity contribution in [1.82, 2.24) is 5.32 Å². The summed E-state index contributed by atoms with van der Waals surface area (Å²) in [6, 6.07) is 5.89. The lowest BCUT2D eigenvalue weighted by Gasteiger charge is -2.35. The van der Waals surface area contributed by atoms with Gasteiger partial charge in [0.25, 0.3) is 0 Å². The van der Waals surface area contributed by atoms with Crippen LogP contribution >= 0.6 is 0 Å². The molecule has 0 aliphatic carbocycles. The number of carbonyl (C=O) groups is 1. The van der Waals surface area contributed by atoms with Gasteiger partial charge in [-0.2, -0.15) is 0 Å². The zero-order valence-electron chi connectivity index (χ0n) is 13.6. The van der Waals surface area contributed by atoms with Crippen molar-refractivity contribution in [2.75, 3.05) is 0 Å². The molecule has 0 aliphatic rings. The third-order valence-corrected chi connectivity index (χ3v) is 4.26. The number of rotatable bonds is 4. The summed E-state index contributed by atoms with van der Waals surface area (Å²) in [5.41, 5.74) is -1.77. The van der Waals surface area contributed by atoms with Crippen LogP contribution in [0.2, 0.25) is 0 Å². The van der Waals surface area contributed by atoms with E-state index in [-0.39, 0.29) is 16.9 Å². The van der Waals surface area contributed by atoms with Crippen LogP contribution in [0.15, 0.2) is 29.3 Å². The molecule has 0 unspecified atom stereocenters. The molecule has 122 valence electrons. The number of hydrogen-bond donors (Lipinski definition) is 2. The molecule has 2 N–H and O–H groups in total. The topological polar surface area (TPSA) is 61.7 Å². The molecule has 0 saturated heterocycles. The standard InChI is InChI=1S/C16H23FN2O2S/c1-10(11-8-6-7-9-12(11)17)18-14(22)19-13(20)15(2,3)16(4,5)21/h6-10,21H,1-5H3,(H2,18,19,20,22)/p+1/t10-/m0/s1. The van der Waals surface area contributed by atoms with E-state index in [9.17, 15) is 14.3 Å². The molecule has 0 spiro atoms. The first-order valence-corrected chi connectivity index (χ1v) is 7.54. The predicted molar refractivity (Wildman–Crippen MR) is 90.6 cm³/mol. The van der Waals surface area contributed by atoms with Gasteiger partial charge in [-0.05, 0) is 40.7 Å². The van der Waals surface area contributed by atoms with Gasteiger partial charge >= 0.3 is 5.17 Å². The molecule has 1 rings (SSSR count). The quantitative estimate of drug-likeness (QED) is 0.506. The smallest absolute Gasteiger partial charge is 0.316 e. The molecular weight excluding hydrogens is 303 g/mol. The van der Waals surface area contributed by atoms with Gasteiger partial charge in [0, 0.05) is 18.2 Å². The first-order valence-electron chi connectivity index (χ1n) is 7.04. The molecule has 1 amide bonds. The van der Waals surface area contributed by atoms with Crippen LogP contribution in [0.25, 0.3) is 0 Å². The minimum absolute atomic E-state index is 0.193. The number of nitrogens with one attached hydrogen (secondary N) is 1. The number of aliphatic imine (C=N–C) groups is 1. The first kappa shape index (κ1) is 18.6. The Kier molecular flexibility index (Phi) is 5.76. The Morgan fingerprint density at radius 2 is 1.86 bits per heavy atom. The van der Waals surface area contributed by atoms with Crippen LogP contribution < -0.4 is 5.32 Å². The fourth-order valence-electron chi connectivity index (χ4n) is 1.65. The van der Waals surface area contributed by atoms with Gasteiger partial charge in [-0.1, -0.05) is 18.2 Å². The van der Waals surface area contributed by atoms with Crippen LogP contribution in [0.5, 0.6) is 0 Å². The molecule has 0 saturated carbocycles. The van der Waals surface area contributed by atoms with Crippen LogP contribution in [0.4, 0.5) is 4.39 Å². The van der Waals surface area contributed by atoms with Crippen LogP contribution in [-0.2, 0) is 17.4 Å². The number of amidine groups is 1. The maximum absolute atomic E-state index is 13.7. The van der Waals surface area contributed by atoms with E-state index in [4.69, 9.17) is 0 Å². The number of aliphatic hydroxyl groups is 1. The van der Waals surface area contributed by atoms with Gasteiger partial charge in [-0.25, -0.2) is 9.38 Å². The van der Waals surface area contributed by atoms with Crippen LogP contribution in [0.3, 0.4) is 0 Å². The lowest BCUT2D eigenvalue weighted by Crippen LogP contribution is -2.51. The summed E-state index contributed by atoms with van der Waals surface area (Å²) in [4.78, 5) is 16.5. The van der Waals surface area contributed by atoms with Crippen molar-refractivity contribution in [2.45, 2.75) is 46.3 Å². The third kappa shape index (κ3) is 4.30. The lowest BCUT2D eigenvalue weighted by atomic mass is 9.76. The van der Waals surface area contributed by atoms with E-state index in [0.29, 0.717) is 5.56 Å². The van der Waals surface area contributed by atoms with E-state index in [2.05, 4.69) is 22.9 Å². The van der Waals surface area contributed by atoms with Crippen LogP contribution in [-0.4, -0.2) is 21.8 Å². The number of nitrogens with zero attached hydrogens (tertiary/aromatic N) is 1. The maximum Gasteiger partial charge on any atom is 0.316 e. The van der Waals surface area contributed by atoms with Crippen molar-refractivity contribution in [2.24, 2.45) is 10.4 Å². The Morgan fingerprint density at radius 3 is 2.36 bits per heavy atom. The number of carbonyl (C=O) groups excluding carboxylic acids is 1. The van der Waals surface area contributed by atoms with Crippen molar-refractivity contribution < 1.29 is 14.3 Å². The van der Waals surface area contributed by atoms with Crippen molar-refractivity contribution in [3.8, 4) is 0 Å². The van der Waals surface area contributed by atoms with Gasteiger partial charge in [0.15, 0.2) is 0 Å². The summed E-state index contributed by atoms with van der Waals surface area (Å²) in [6.07, 6.45) is 0. The second-order valence-corrected chi connectivity index (χ2v) is 6.79. The summed E-state index contributed by atoms with van der Waals surface area (Å²) < 4.78 is 13.7. The fraction of sp³-hybridized carbons (Fsp3) is 0.500. The molecule has 0 fully saturated rings. The summed E-state index contributed by atoms with van der Waals surface area (Å²) >= 11 is 3.23. The highest BCUT2D eigenvalue weighted by atomic mass is 32.1. The van der Waals surface area contributed by atoms with E-state index >= 15 is 0 Å². The summed E-state index contributed by atoms with van der Waals surface area (Å²) in [6.45, 7) is 8.15. The van der Waals surface area contributed by atoms with E-state index in [1.54, 1.807) is 52.8 Å². The van der Waals surface area contributed by atoms with E-state index in [1.807, 2.05) is 0 Å². The molecule has 0 aromatic heterocycles. The monoisotopic (exact) mass is 327 g/mol. The van der Waals surface area contributed by atoms with Crippen LogP contribution in [0.1, 0.15) is 46.2 Å². The largest absolute Gasteiger partial charge is 0.389 e. The third-order valence-electron chi connectivity index (χ3n) is 4.01. The fourth-order valence-corrected chi connectivity index (χ4v) is 1.96. The highest BCUT2D eigenvalue weighted by molar-refractivity contribution is 7.77. The second-order valence-electron chi connectivity index (χ2n) is 6.31. The zero-order chi connectivity index (χ0) is 17.1. The maximum atomic E-state index is 13.7. The molecule has 0 aliphatic heterocycles. The van der Waals surface area contributed by atoms with Gasteiger partial charge in [0.2, 0.25) is 5.91 Å². The van der Waals surface area contributed by atoms with Gasteiger partial charge in [0.1, 0.15) is 5.82 Å². The zero-order valence-corrected chi connectivity index (χ0v) is 14.6. The van der Waals surface area contributed by atoms with Crippen molar-refractivity contribution in [3.05, 3.63) is 35.6 Å². The predicted octanol–water partition coefficient (Wildman–Crippen LogP) is 2.17. The molecule has 1 aromatic rings. The van der Waals surface area contributed by atoms with E-state index in [0.717, 1.165) is 0 Å². The Labute approximate surface area is 136 Å². The van der Waals surface area contributed by atoms with Crippen molar-refractivity contribution in [1.29, 1.82) is 0 Å². The Morgan fingerprint density at radius 1 is 1.32 bits per heavy atom. The first-order chi connectivity index (χ1) is 9.96. The highest BCUT2D eigenvalue weighted by Gasteiger charge is 2.42. The number of hydrogen-bond acceptors (Lipinski definition) is 3. The summed E-state index contributed by atoms with van der Waals surface area (Å²) in [5.74, 6) is -0.726. The number of benzene rings is 1. The molecule has 22 heavy (non-hydrogen) atoms. The molecule has 1 aromatic carbocycles. The van der Waals surface area contributed by atoms with Crippen LogP contribution in [0, 0.1) is 11.2 Å². The summed E-state index contributed by atoms with van der Waals surface area (Å²) in [7, 11) is 0. The minimum atomic E-state index is -1.19. The highest BCUT2D eigenvalue weighted by Crippen LogP contribution is 2.30. The SMILES string of the molecule is C[C@H](N=C([SH2+])NC(=O)C(C)(C)C(C)(C)O)c1ccccc1F. The lowest BCUT2D eigenvalue weighted by molar-refractivity contribution is -0.140. The minimum Gasteiger partial charge on any atom is -0.389 e. The van der Waals surface area contributed by atoms with Gasteiger partial charge < -0.3 is 5.11 Å². The normalized spacial score (nSPS) is 14.6.